The van der Waals surface area contributed by atoms with E-state index in [1.54, 1.807) is 31.0 Å². The Labute approximate surface area is 251 Å². The first-order chi connectivity index (χ1) is 19.8. The molecular formula is C31H40N6O4S. The van der Waals surface area contributed by atoms with Gasteiger partial charge in [0.2, 0.25) is 11.8 Å². The lowest BCUT2D eigenvalue weighted by atomic mass is 9.93. The molecule has 3 aromatic rings. The fraction of sp³-hybridized carbons (Fsp3) is 0.419. The van der Waals surface area contributed by atoms with E-state index in [2.05, 4.69) is 41.7 Å². The summed E-state index contributed by atoms with van der Waals surface area (Å²) in [5.74, 6) is 0.0569. The largest absolute Gasteiger partial charge is 0.476 e. The predicted molar refractivity (Wildman–Crippen MR) is 168 cm³/mol. The highest BCUT2D eigenvalue weighted by molar-refractivity contribution is 7.16. The van der Waals surface area contributed by atoms with Crippen molar-refractivity contribution in [2.24, 2.45) is 0 Å². The van der Waals surface area contributed by atoms with Gasteiger partial charge < -0.3 is 25.2 Å². The Morgan fingerprint density at radius 2 is 1.88 bits per heavy atom. The maximum Gasteiger partial charge on any atom is 0.324 e. The first-order valence-electron chi connectivity index (χ1n) is 13.9. The molecule has 10 nitrogen and oxygen atoms in total. The maximum absolute atomic E-state index is 13.7. The van der Waals surface area contributed by atoms with Gasteiger partial charge in [-0.15, -0.1) is 11.3 Å². The zero-order chi connectivity index (χ0) is 30.7. The van der Waals surface area contributed by atoms with Gasteiger partial charge in [-0.1, -0.05) is 32.9 Å². The van der Waals surface area contributed by atoms with Crippen LogP contribution >= 0.6 is 11.3 Å². The van der Waals surface area contributed by atoms with Crippen LogP contribution in [-0.2, 0) is 10.2 Å². The second-order valence-electron chi connectivity index (χ2n) is 12.1. The summed E-state index contributed by atoms with van der Waals surface area (Å²) in [6, 6.07) is 12.6. The number of benzene rings is 1. The highest BCUT2D eigenvalue weighted by Crippen LogP contribution is 2.38. The highest BCUT2D eigenvalue weighted by Gasteiger charge is 2.42. The number of ether oxygens (including phenoxy) is 1. The van der Waals surface area contributed by atoms with E-state index in [1.807, 2.05) is 55.4 Å². The third-order valence-corrected chi connectivity index (χ3v) is 8.48. The quantitative estimate of drug-likeness (QED) is 0.338. The van der Waals surface area contributed by atoms with E-state index in [4.69, 9.17) is 4.74 Å². The average molecular weight is 593 g/mol. The van der Waals surface area contributed by atoms with Crippen molar-refractivity contribution in [3.63, 3.8) is 0 Å². The average Bonchev–Trinajstić information content (AvgIpc) is 3.34. The third kappa shape index (κ3) is 7.27. The van der Waals surface area contributed by atoms with Gasteiger partial charge >= 0.3 is 6.03 Å². The van der Waals surface area contributed by atoms with Gasteiger partial charge in [-0.25, -0.2) is 9.78 Å². The molecule has 0 atom stereocenters. The number of hydrogen-bond acceptors (Lipinski definition) is 7. The monoisotopic (exact) mass is 592 g/mol. The number of rotatable bonds is 8. The van der Waals surface area contributed by atoms with Crippen LogP contribution in [0.3, 0.4) is 0 Å². The Kier molecular flexibility index (Phi) is 9.22. The summed E-state index contributed by atoms with van der Waals surface area (Å²) >= 11 is 1.36. The van der Waals surface area contributed by atoms with E-state index in [0.29, 0.717) is 41.8 Å². The molecule has 4 rings (SSSR count). The van der Waals surface area contributed by atoms with Crippen molar-refractivity contribution in [1.29, 1.82) is 0 Å². The van der Waals surface area contributed by atoms with Crippen molar-refractivity contribution < 1.29 is 19.1 Å². The SMILES string of the molecule is CN(C)CCOc1ccc(-c2cccc(NC(=O)Nc3sc(C(C)(C)C)cc3C(=O)N3CCNC(=O)C3(C)C)c2)cn1. The molecule has 1 aliphatic rings. The minimum atomic E-state index is -1.01. The highest BCUT2D eigenvalue weighted by atomic mass is 32.1. The molecule has 2 aromatic heterocycles. The fourth-order valence-electron chi connectivity index (χ4n) is 4.42. The lowest BCUT2D eigenvalue weighted by Gasteiger charge is -2.41. The van der Waals surface area contributed by atoms with E-state index in [1.165, 1.54) is 11.3 Å². The van der Waals surface area contributed by atoms with E-state index < -0.39 is 11.6 Å². The van der Waals surface area contributed by atoms with Crippen LogP contribution in [0, 0.1) is 0 Å². The molecule has 224 valence electrons. The molecule has 1 fully saturated rings. The van der Waals surface area contributed by atoms with Crippen LogP contribution in [0.5, 0.6) is 5.88 Å². The molecule has 3 N–H and O–H groups in total. The first kappa shape index (κ1) is 31.0. The van der Waals surface area contributed by atoms with Crippen LogP contribution in [0.2, 0.25) is 0 Å². The molecule has 0 aliphatic carbocycles. The number of hydrogen-bond donors (Lipinski definition) is 3. The molecule has 0 saturated carbocycles. The van der Waals surface area contributed by atoms with Gasteiger partial charge in [0.05, 0.1) is 5.56 Å². The Morgan fingerprint density at radius 1 is 1.12 bits per heavy atom. The molecule has 0 radical (unpaired) electrons. The predicted octanol–water partition coefficient (Wildman–Crippen LogP) is 5.04. The normalized spacial score (nSPS) is 14.9. The van der Waals surface area contributed by atoms with Gasteiger partial charge in [0.25, 0.3) is 5.91 Å². The van der Waals surface area contributed by atoms with Crippen molar-refractivity contribution in [2.75, 3.05) is 51.0 Å². The lowest BCUT2D eigenvalue weighted by Crippen LogP contribution is -2.63. The fourth-order valence-corrected chi connectivity index (χ4v) is 5.53. The molecule has 1 aliphatic heterocycles. The van der Waals surface area contributed by atoms with Crippen LogP contribution in [0.15, 0.2) is 48.7 Å². The van der Waals surface area contributed by atoms with Gasteiger partial charge in [-0.3, -0.25) is 14.9 Å². The van der Waals surface area contributed by atoms with E-state index in [0.717, 1.165) is 22.5 Å². The van der Waals surface area contributed by atoms with Gasteiger partial charge in [0.15, 0.2) is 0 Å². The lowest BCUT2D eigenvalue weighted by molar-refractivity contribution is -0.133. The van der Waals surface area contributed by atoms with E-state index in [9.17, 15) is 14.4 Å². The van der Waals surface area contributed by atoms with Crippen molar-refractivity contribution in [3.05, 3.63) is 59.1 Å². The maximum atomic E-state index is 13.7. The Bertz CT molecular complexity index is 1440. The van der Waals surface area contributed by atoms with Crippen LogP contribution in [0.4, 0.5) is 15.5 Å². The number of aromatic nitrogens is 1. The van der Waals surface area contributed by atoms with E-state index in [-0.39, 0.29) is 17.2 Å². The smallest absolute Gasteiger partial charge is 0.324 e. The summed E-state index contributed by atoms with van der Waals surface area (Å²) in [4.78, 5) is 48.4. The number of amides is 4. The third-order valence-electron chi connectivity index (χ3n) is 7.00. The molecule has 42 heavy (non-hydrogen) atoms. The second kappa shape index (κ2) is 12.5. The zero-order valence-corrected chi connectivity index (χ0v) is 26.1. The molecule has 4 amide bonds. The number of nitrogens with one attached hydrogen (secondary N) is 3. The summed E-state index contributed by atoms with van der Waals surface area (Å²) in [6.07, 6.45) is 1.74. The number of anilines is 2. The molecule has 0 spiro atoms. The summed E-state index contributed by atoms with van der Waals surface area (Å²) < 4.78 is 5.68. The van der Waals surface area contributed by atoms with Gasteiger partial charge in [-0.2, -0.15) is 0 Å². The van der Waals surface area contributed by atoms with Crippen molar-refractivity contribution in [2.45, 2.75) is 45.6 Å². The summed E-state index contributed by atoms with van der Waals surface area (Å²) in [6.45, 7) is 11.7. The summed E-state index contributed by atoms with van der Waals surface area (Å²) in [5, 5.41) is 9.04. The number of nitrogens with zero attached hydrogens (tertiary/aromatic N) is 3. The van der Waals surface area contributed by atoms with Crippen LogP contribution in [0.1, 0.15) is 49.9 Å². The van der Waals surface area contributed by atoms with Crippen LogP contribution < -0.4 is 20.7 Å². The number of carbonyl (C=O) groups excluding carboxylic acids is 3. The number of carbonyl (C=O) groups is 3. The minimum Gasteiger partial charge on any atom is -0.476 e. The number of likely N-dealkylation sites (N-methyl/N-ethyl adjacent to an activating group) is 1. The minimum absolute atomic E-state index is 0.206. The Balaban J connectivity index is 1.50. The Morgan fingerprint density at radius 3 is 2.55 bits per heavy atom. The van der Waals surface area contributed by atoms with Gasteiger partial charge in [0.1, 0.15) is 17.1 Å². The topological polar surface area (TPSA) is 116 Å². The number of thiophene rings is 1. The Hall–Kier alpha value is -3.96. The van der Waals surface area contributed by atoms with Crippen molar-refractivity contribution >= 4 is 39.9 Å². The zero-order valence-electron chi connectivity index (χ0n) is 25.3. The second-order valence-corrected chi connectivity index (χ2v) is 13.1. The molecule has 1 saturated heterocycles. The molecule has 0 bridgehead atoms. The summed E-state index contributed by atoms with van der Waals surface area (Å²) in [7, 11) is 3.97. The first-order valence-corrected chi connectivity index (χ1v) is 14.7. The molecule has 11 heteroatoms. The standard InChI is InChI=1S/C31H40N6O4S/c1-30(2,3)24-18-23(27(38)37-14-13-32-28(39)31(37,4)5)26(42-24)35-29(40)34-22-10-8-9-20(17-22)21-11-12-25(33-19-21)41-16-15-36(6)7/h8-12,17-19H,13-16H2,1-7H3,(H,32,39)(H2,34,35,40). The van der Waals surface area contributed by atoms with Gasteiger partial charge in [0, 0.05) is 48.0 Å². The molecule has 1 aromatic carbocycles. The molecule has 0 unspecified atom stereocenters. The molecular weight excluding hydrogens is 552 g/mol. The van der Waals surface area contributed by atoms with Crippen molar-refractivity contribution in [1.82, 2.24) is 20.1 Å². The van der Waals surface area contributed by atoms with Crippen LogP contribution in [-0.4, -0.2) is 78.5 Å². The number of pyridine rings is 1. The number of piperazine rings is 1. The van der Waals surface area contributed by atoms with E-state index >= 15 is 0 Å². The van der Waals surface area contributed by atoms with Gasteiger partial charge in [-0.05, 0) is 63.2 Å². The number of urea groups is 1. The van der Waals surface area contributed by atoms with Crippen molar-refractivity contribution in [3.8, 4) is 17.0 Å². The molecule has 3 heterocycles. The summed E-state index contributed by atoms with van der Waals surface area (Å²) in [5.41, 5.74) is 1.48. The van der Waals surface area contributed by atoms with Crippen LogP contribution in [0.25, 0.3) is 11.1 Å².